The van der Waals surface area contributed by atoms with Crippen LogP contribution in [-0.4, -0.2) is 21.1 Å². The van der Waals surface area contributed by atoms with Crippen molar-refractivity contribution in [1.29, 1.82) is 10.5 Å². The molecule has 0 saturated carbocycles. The molecule has 0 fully saturated rings. The summed E-state index contributed by atoms with van der Waals surface area (Å²) in [5.74, 6) is 0.371. The van der Waals surface area contributed by atoms with Crippen molar-refractivity contribution in [2.24, 2.45) is 0 Å². The van der Waals surface area contributed by atoms with Gasteiger partial charge in [0.05, 0.1) is 16.5 Å². The zero-order chi connectivity index (χ0) is 20.3. The van der Waals surface area contributed by atoms with Crippen LogP contribution in [0, 0.1) is 36.5 Å². The van der Waals surface area contributed by atoms with Gasteiger partial charge in [0.2, 0.25) is 5.91 Å². The van der Waals surface area contributed by atoms with Crippen LogP contribution in [0.15, 0.2) is 5.03 Å². The molecule has 28 heavy (non-hydrogen) atoms. The molecule has 1 unspecified atom stereocenters. The maximum atomic E-state index is 12.8. The molecule has 1 aliphatic carbocycles. The number of aryl methyl sites for hydroxylation is 3. The van der Waals surface area contributed by atoms with E-state index in [2.05, 4.69) is 27.4 Å². The van der Waals surface area contributed by atoms with Gasteiger partial charge >= 0.3 is 0 Å². The molecule has 0 spiro atoms. The highest BCUT2D eigenvalue weighted by Crippen LogP contribution is 2.37. The summed E-state index contributed by atoms with van der Waals surface area (Å²) in [5, 5.41) is 22.6. The van der Waals surface area contributed by atoms with Gasteiger partial charge in [-0.3, -0.25) is 4.79 Å². The second-order valence-electron chi connectivity index (χ2n) is 6.78. The second kappa shape index (κ2) is 8.72. The normalized spacial score (nSPS) is 14.3. The van der Waals surface area contributed by atoms with E-state index in [0.29, 0.717) is 32.7 Å². The van der Waals surface area contributed by atoms with Crippen LogP contribution in [0.4, 0.5) is 5.00 Å². The Morgan fingerprint density at radius 2 is 1.86 bits per heavy atom. The zero-order valence-corrected chi connectivity index (χ0v) is 17.8. The van der Waals surface area contributed by atoms with Crippen LogP contribution in [0.5, 0.6) is 0 Å². The monoisotopic (exact) mass is 411 g/mol. The Balaban J connectivity index is 1.79. The Hall–Kier alpha value is -2.42. The summed E-state index contributed by atoms with van der Waals surface area (Å²) in [7, 11) is 0. The van der Waals surface area contributed by atoms with Crippen LogP contribution in [-0.2, 0) is 17.6 Å². The lowest BCUT2D eigenvalue weighted by atomic mass is 10.1. The van der Waals surface area contributed by atoms with E-state index >= 15 is 0 Å². The third kappa shape index (κ3) is 4.19. The average Bonchev–Trinajstić information content (AvgIpc) is 2.81. The van der Waals surface area contributed by atoms with Crippen molar-refractivity contribution in [2.75, 3.05) is 5.32 Å². The standard InChI is InChI=1S/C20H21N5OS2/c1-11-15(9-21)19(24-13(3)23-11)27-12(2)18(26)25-20-16(10-22)14-7-5-4-6-8-17(14)28-20/h12H,4-8H2,1-3H3,(H,25,26). The van der Waals surface area contributed by atoms with Crippen molar-refractivity contribution in [1.82, 2.24) is 9.97 Å². The number of hydrogen-bond acceptors (Lipinski definition) is 7. The van der Waals surface area contributed by atoms with E-state index in [1.165, 1.54) is 34.4 Å². The van der Waals surface area contributed by atoms with Gasteiger partial charge in [-0.2, -0.15) is 10.5 Å². The molecule has 2 heterocycles. The number of carbonyl (C=O) groups is 1. The van der Waals surface area contributed by atoms with Gasteiger partial charge in [0.15, 0.2) is 0 Å². The second-order valence-corrected chi connectivity index (χ2v) is 9.21. The molecule has 3 rings (SSSR count). The van der Waals surface area contributed by atoms with Crippen LogP contribution in [0.1, 0.15) is 59.3 Å². The maximum Gasteiger partial charge on any atom is 0.238 e. The van der Waals surface area contributed by atoms with Gasteiger partial charge < -0.3 is 5.32 Å². The fourth-order valence-electron chi connectivity index (χ4n) is 3.28. The predicted molar refractivity (Wildman–Crippen MR) is 110 cm³/mol. The number of nitrogens with one attached hydrogen (secondary N) is 1. The first-order valence-corrected chi connectivity index (χ1v) is 10.9. The molecule has 1 amide bonds. The Morgan fingerprint density at radius 3 is 2.57 bits per heavy atom. The number of thioether (sulfide) groups is 1. The average molecular weight is 412 g/mol. The number of rotatable bonds is 4. The topological polar surface area (TPSA) is 102 Å². The lowest BCUT2D eigenvalue weighted by Gasteiger charge is -2.13. The minimum absolute atomic E-state index is 0.198. The maximum absolute atomic E-state index is 12.8. The summed E-state index contributed by atoms with van der Waals surface area (Å²) in [4.78, 5) is 22.5. The van der Waals surface area contributed by atoms with E-state index in [1.54, 1.807) is 20.8 Å². The summed E-state index contributed by atoms with van der Waals surface area (Å²) in [6, 6.07) is 4.41. The van der Waals surface area contributed by atoms with Crippen molar-refractivity contribution < 1.29 is 4.79 Å². The Kier molecular flexibility index (Phi) is 6.33. The molecule has 0 saturated heterocycles. The SMILES string of the molecule is Cc1nc(C)c(C#N)c(SC(C)C(=O)Nc2sc3c(c2C#N)CCCCC3)n1. The van der Waals surface area contributed by atoms with Crippen LogP contribution < -0.4 is 5.32 Å². The molecule has 0 radical (unpaired) electrons. The van der Waals surface area contributed by atoms with E-state index in [9.17, 15) is 15.3 Å². The van der Waals surface area contributed by atoms with Crippen molar-refractivity contribution in [3.05, 3.63) is 33.1 Å². The first-order valence-electron chi connectivity index (χ1n) is 9.22. The number of amides is 1. The first kappa shape index (κ1) is 20.3. The smallest absolute Gasteiger partial charge is 0.238 e. The van der Waals surface area contributed by atoms with E-state index < -0.39 is 5.25 Å². The summed E-state index contributed by atoms with van der Waals surface area (Å²) in [6.45, 7) is 5.30. The van der Waals surface area contributed by atoms with E-state index in [0.717, 1.165) is 31.2 Å². The number of thiophene rings is 1. The molecule has 2 aromatic heterocycles. The molecule has 0 aromatic carbocycles. The minimum atomic E-state index is -0.464. The lowest BCUT2D eigenvalue weighted by Crippen LogP contribution is -2.22. The molecule has 6 nitrogen and oxygen atoms in total. The number of nitriles is 2. The number of fused-ring (bicyclic) bond motifs is 1. The summed E-state index contributed by atoms with van der Waals surface area (Å²) < 4.78 is 0. The largest absolute Gasteiger partial charge is 0.316 e. The van der Waals surface area contributed by atoms with E-state index in [-0.39, 0.29) is 5.91 Å². The van der Waals surface area contributed by atoms with Crippen molar-refractivity contribution >= 4 is 34.0 Å². The van der Waals surface area contributed by atoms with Gasteiger partial charge in [-0.25, -0.2) is 9.97 Å². The fourth-order valence-corrected chi connectivity index (χ4v) is 5.52. The van der Waals surface area contributed by atoms with Crippen molar-refractivity contribution in [2.45, 2.75) is 63.2 Å². The third-order valence-electron chi connectivity index (χ3n) is 4.71. The zero-order valence-electron chi connectivity index (χ0n) is 16.1. The highest BCUT2D eigenvalue weighted by atomic mass is 32.2. The van der Waals surface area contributed by atoms with Crippen LogP contribution >= 0.6 is 23.1 Å². The summed E-state index contributed by atoms with van der Waals surface area (Å²) in [5.41, 5.74) is 2.72. The van der Waals surface area contributed by atoms with E-state index in [1.807, 2.05) is 0 Å². The molecular weight excluding hydrogens is 390 g/mol. The molecular formula is C20H21N5OS2. The van der Waals surface area contributed by atoms with Gasteiger partial charge in [0.1, 0.15) is 33.6 Å². The van der Waals surface area contributed by atoms with Crippen molar-refractivity contribution in [3.63, 3.8) is 0 Å². The highest BCUT2D eigenvalue weighted by Gasteiger charge is 2.24. The Morgan fingerprint density at radius 1 is 1.14 bits per heavy atom. The lowest BCUT2D eigenvalue weighted by molar-refractivity contribution is -0.115. The Labute approximate surface area is 173 Å². The molecule has 0 bridgehead atoms. The minimum Gasteiger partial charge on any atom is -0.316 e. The highest BCUT2D eigenvalue weighted by molar-refractivity contribution is 8.00. The first-order chi connectivity index (χ1) is 13.4. The van der Waals surface area contributed by atoms with E-state index in [4.69, 9.17) is 0 Å². The predicted octanol–water partition coefficient (Wildman–Crippen LogP) is 4.29. The molecule has 0 aliphatic heterocycles. The molecule has 8 heteroatoms. The van der Waals surface area contributed by atoms with Crippen LogP contribution in [0.25, 0.3) is 0 Å². The summed E-state index contributed by atoms with van der Waals surface area (Å²) >= 11 is 2.76. The molecule has 144 valence electrons. The van der Waals surface area contributed by atoms with Crippen molar-refractivity contribution in [3.8, 4) is 12.1 Å². The van der Waals surface area contributed by atoms with Gasteiger partial charge in [0, 0.05) is 4.88 Å². The number of aromatic nitrogens is 2. The Bertz CT molecular complexity index is 999. The summed E-state index contributed by atoms with van der Waals surface area (Å²) in [6.07, 6.45) is 5.27. The molecule has 1 aliphatic rings. The quantitative estimate of drug-likeness (QED) is 0.457. The molecule has 1 atom stereocenters. The van der Waals surface area contributed by atoms with Gasteiger partial charge in [0.25, 0.3) is 0 Å². The van der Waals surface area contributed by atoms with Gasteiger partial charge in [-0.1, -0.05) is 18.2 Å². The fraction of sp³-hybridized carbons (Fsp3) is 0.450. The number of carbonyl (C=O) groups excluding carboxylic acids is 1. The molecule has 1 N–H and O–H groups in total. The van der Waals surface area contributed by atoms with Crippen LogP contribution in [0.3, 0.4) is 0 Å². The number of anilines is 1. The van der Waals surface area contributed by atoms with Gasteiger partial charge in [-0.05, 0) is 52.0 Å². The van der Waals surface area contributed by atoms with Crippen LogP contribution in [0.2, 0.25) is 0 Å². The number of nitrogens with zero attached hydrogens (tertiary/aromatic N) is 4. The third-order valence-corrected chi connectivity index (χ3v) is 7.00. The number of hydrogen-bond donors (Lipinski definition) is 1. The molecule has 2 aromatic rings. The van der Waals surface area contributed by atoms with Gasteiger partial charge in [-0.15, -0.1) is 11.3 Å².